The molecule has 4 N–H and O–H groups in total. The summed E-state index contributed by atoms with van der Waals surface area (Å²) in [7, 11) is -3.73. The lowest BCUT2D eigenvalue weighted by Crippen LogP contribution is -2.15. The molecule has 1 saturated carbocycles. The molecule has 106 valence electrons. The molecule has 2 atom stereocenters. The second-order valence-corrected chi connectivity index (χ2v) is 8.16. The quantitative estimate of drug-likeness (QED) is 0.840. The molecule has 1 aromatic rings. The summed E-state index contributed by atoms with van der Waals surface area (Å²) in [6, 6.07) is 5.00. The number of hydrogen-bond donors (Lipinski definition) is 2. The number of sulfonamides is 1. The van der Waals surface area contributed by atoms with Crippen molar-refractivity contribution in [2.75, 3.05) is 5.73 Å². The highest BCUT2D eigenvalue weighted by atomic mass is 32.2. The van der Waals surface area contributed by atoms with Crippen LogP contribution in [-0.4, -0.2) is 13.7 Å². The first kappa shape index (κ1) is 14.7. The molecule has 1 aromatic carbocycles. The Morgan fingerprint density at radius 1 is 1.32 bits per heavy atom. The van der Waals surface area contributed by atoms with E-state index in [1.807, 2.05) is 0 Å². The molecule has 0 aliphatic heterocycles. The summed E-state index contributed by atoms with van der Waals surface area (Å²) in [6.07, 6.45) is 5.00. The molecule has 0 saturated heterocycles. The highest BCUT2D eigenvalue weighted by Crippen LogP contribution is 2.37. The Balaban J connectivity index is 2.12. The molecular formula is C13H20N2O2S2. The van der Waals surface area contributed by atoms with Gasteiger partial charge < -0.3 is 5.73 Å². The summed E-state index contributed by atoms with van der Waals surface area (Å²) < 4.78 is 22.6. The first-order valence-electron chi connectivity index (χ1n) is 6.45. The van der Waals surface area contributed by atoms with Crippen LogP contribution in [0.4, 0.5) is 5.69 Å². The molecule has 4 nitrogen and oxygen atoms in total. The summed E-state index contributed by atoms with van der Waals surface area (Å²) in [5, 5.41) is 5.70. The van der Waals surface area contributed by atoms with Crippen LogP contribution < -0.4 is 10.9 Å². The minimum absolute atomic E-state index is 0.00821. The standard InChI is InChI=1S/C13H20N2O2S2/c1-9-3-2-4-10(7-9)18-11-5-6-13(12(14)8-11)19(15,16)17/h5-6,8-10H,2-4,7,14H2,1H3,(H2,15,16,17). The molecule has 0 amide bonds. The van der Waals surface area contributed by atoms with Gasteiger partial charge in [0.2, 0.25) is 10.0 Å². The molecule has 0 aromatic heterocycles. The second-order valence-electron chi connectivity index (χ2n) is 5.26. The highest BCUT2D eigenvalue weighted by molar-refractivity contribution is 8.00. The highest BCUT2D eigenvalue weighted by Gasteiger charge is 2.20. The van der Waals surface area contributed by atoms with Crippen molar-refractivity contribution in [3.63, 3.8) is 0 Å². The normalized spacial score (nSPS) is 24.3. The molecule has 6 heteroatoms. The largest absolute Gasteiger partial charge is 0.398 e. The van der Waals surface area contributed by atoms with Gasteiger partial charge in [0.1, 0.15) is 4.90 Å². The van der Waals surface area contributed by atoms with Gasteiger partial charge in [-0.15, -0.1) is 11.8 Å². The molecule has 2 rings (SSSR count). The van der Waals surface area contributed by atoms with Crippen LogP contribution in [0.5, 0.6) is 0 Å². The lowest BCUT2D eigenvalue weighted by molar-refractivity contribution is 0.394. The number of hydrogen-bond acceptors (Lipinski definition) is 4. The van der Waals surface area contributed by atoms with E-state index in [2.05, 4.69) is 6.92 Å². The zero-order valence-corrected chi connectivity index (χ0v) is 12.6. The molecule has 19 heavy (non-hydrogen) atoms. The van der Waals surface area contributed by atoms with Gasteiger partial charge in [0.25, 0.3) is 0 Å². The maximum Gasteiger partial charge on any atom is 0.240 e. The first-order chi connectivity index (χ1) is 8.86. The maximum atomic E-state index is 11.3. The summed E-state index contributed by atoms with van der Waals surface area (Å²) in [6.45, 7) is 2.28. The minimum atomic E-state index is -3.73. The molecular weight excluding hydrogens is 280 g/mol. The third kappa shape index (κ3) is 3.87. The number of thioether (sulfide) groups is 1. The van der Waals surface area contributed by atoms with E-state index >= 15 is 0 Å². The number of primary sulfonamides is 1. The van der Waals surface area contributed by atoms with E-state index in [1.165, 1.54) is 31.7 Å². The number of nitrogens with two attached hydrogens (primary N) is 2. The van der Waals surface area contributed by atoms with E-state index in [1.54, 1.807) is 23.9 Å². The van der Waals surface area contributed by atoms with Crippen molar-refractivity contribution in [2.24, 2.45) is 11.1 Å². The average molecular weight is 300 g/mol. The fourth-order valence-corrected chi connectivity index (χ4v) is 4.62. The number of nitrogen functional groups attached to an aromatic ring is 1. The Bertz CT molecular complexity index is 558. The van der Waals surface area contributed by atoms with E-state index in [-0.39, 0.29) is 10.6 Å². The van der Waals surface area contributed by atoms with E-state index in [0.29, 0.717) is 5.25 Å². The second kappa shape index (κ2) is 5.73. The van der Waals surface area contributed by atoms with E-state index in [9.17, 15) is 8.42 Å². The van der Waals surface area contributed by atoms with Crippen LogP contribution in [0.25, 0.3) is 0 Å². The van der Waals surface area contributed by atoms with Gasteiger partial charge in [-0.2, -0.15) is 0 Å². The van der Waals surface area contributed by atoms with Crippen LogP contribution in [0.2, 0.25) is 0 Å². The maximum absolute atomic E-state index is 11.3. The van der Waals surface area contributed by atoms with Crippen LogP contribution in [0.3, 0.4) is 0 Å². The topological polar surface area (TPSA) is 86.2 Å². The smallest absolute Gasteiger partial charge is 0.240 e. The van der Waals surface area contributed by atoms with Crippen LogP contribution >= 0.6 is 11.8 Å². The summed E-state index contributed by atoms with van der Waals surface area (Å²) in [4.78, 5) is 1.03. The predicted octanol–water partition coefficient (Wildman–Crippen LogP) is 2.59. The van der Waals surface area contributed by atoms with Gasteiger partial charge in [-0.1, -0.05) is 19.8 Å². The molecule has 0 bridgehead atoms. The van der Waals surface area contributed by atoms with Crippen molar-refractivity contribution in [2.45, 2.75) is 47.6 Å². The molecule has 2 unspecified atom stereocenters. The fourth-order valence-electron chi connectivity index (χ4n) is 2.54. The van der Waals surface area contributed by atoms with Gasteiger partial charge in [0, 0.05) is 10.1 Å². The number of rotatable bonds is 3. The molecule has 0 heterocycles. The van der Waals surface area contributed by atoms with Crippen molar-refractivity contribution < 1.29 is 8.42 Å². The average Bonchev–Trinajstić information content (AvgIpc) is 2.27. The lowest BCUT2D eigenvalue weighted by Gasteiger charge is -2.26. The summed E-state index contributed by atoms with van der Waals surface area (Å²) in [5.74, 6) is 0.771. The molecule has 1 aliphatic carbocycles. The van der Waals surface area contributed by atoms with Gasteiger partial charge in [-0.25, -0.2) is 13.6 Å². The zero-order valence-electron chi connectivity index (χ0n) is 11.0. The molecule has 0 spiro atoms. The lowest BCUT2D eigenvalue weighted by atomic mass is 9.91. The van der Waals surface area contributed by atoms with Gasteiger partial charge in [0.05, 0.1) is 5.69 Å². The zero-order chi connectivity index (χ0) is 14.0. The van der Waals surface area contributed by atoms with Crippen molar-refractivity contribution in [3.05, 3.63) is 18.2 Å². The van der Waals surface area contributed by atoms with Gasteiger partial charge >= 0.3 is 0 Å². The Kier molecular flexibility index (Phi) is 4.43. The first-order valence-corrected chi connectivity index (χ1v) is 8.88. The molecule has 1 fully saturated rings. The van der Waals surface area contributed by atoms with Crippen LogP contribution in [-0.2, 0) is 10.0 Å². The summed E-state index contributed by atoms with van der Waals surface area (Å²) in [5.41, 5.74) is 6.00. The van der Waals surface area contributed by atoms with Gasteiger partial charge in [-0.3, -0.25) is 0 Å². The van der Waals surface area contributed by atoms with Crippen molar-refractivity contribution >= 4 is 27.5 Å². The van der Waals surface area contributed by atoms with E-state index in [4.69, 9.17) is 10.9 Å². The minimum Gasteiger partial charge on any atom is -0.398 e. The number of anilines is 1. The van der Waals surface area contributed by atoms with Crippen molar-refractivity contribution in [1.82, 2.24) is 0 Å². The Hall–Kier alpha value is -0.720. The van der Waals surface area contributed by atoms with E-state index < -0.39 is 10.0 Å². The SMILES string of the molecule is CC1CCCC(Sc2ccc(S(N)(=O)=O)c(N)c2)C1. The Labute approximate surface area is 119 Å². The third-order valence-electron chi connectivity index (χ3n) is 3.48. The van der Waals surface area contributed by atoms with Crippen LogP contribution in [0.15, 0.2) is 28.0 Å². The van der Waals surface area contributed by atoms with E-state index in [0.717, 1.165) is 10.8 Å². The van der Waals surface area contributed by atoms with Gasteiger partial charge in [-0.05, 0) is 37.0 Å². The summed E-state index contributed by atoms with van der Waals surface area (Å²) >= 11 is 1.79. The molecule has 1 aliphatic rings. The van der Waals surface area contributed by atoms with Gasteiger partial charge in [0.15, 0.2) is 0 Å². The fraction of sp³-hybridized carbons (Fsp3) is 0.538. The molecule has 0 radical (unpaired) electrons. The monoisotopic (exact) mass is 300 g/mol. The van der Waals surface area contributed by atoms with Crippen molar-refractivity contribution in [3.8, 4) is 0 Å². The number of benzene rings is 1. The predicted molar refractivity (Wildman–Crippen MR) is 79.5 cm³/mol. The third-order valence-corrected chi connectivity index (χ3v) is 5.75. The van der Waals surface area contributed by atoms with Crippen LogP contribution in [0.1, 0.15) is 32.6 Å². The van der Waals surface area contributed by atoms with Crippen LogP contribution in [0, 0.1) is 5.92 Å². The Morgan fingerprint density at radius 3 is 2.63 bits per heavy atom. The Morgan fingerprint density at radius 2 is 2.05 bits per heavy atom. The van der Waals surface area contributed by atoms with Crippen molar-refractivity contribution in [1.29, 1.82) is 0 Å².